The SMILES string of the molecule is [Fe+2].[c-]1cccnc1-c1nnnc(-c2[c-]cccn2)c1-c1ccccn1. The molecule has 7 heteroatoms. The fourth-order valence-electron chi connectivity index (χ4n) is 2.32. The molecule has 0 aliphatic carbocycles. The molecule has 25 heavy (non-hydrogen) atoms. The van der Waals surface area contributed by atoms with Crippen molar-refractivity contribution >= 4 is 0 Å². The first-order valence-corrected chi connectivity index (χ1v) is 7.24. The largest absolute Gasteiger partial charge is 2.00 e. The standard InChI is InChI=1S/C18H10N6.Fe/c1-4-10-19-13(7-1)16-17(14-8-2-5-11-20-14)22-24-23-18(16)15-9-3-6-12-21-15;/h1-7,10-12H;/q-2;+2. The Labute approximate surface area is 154 Å². The van der Waals surface area contributed by atoms with E-state index < -0.39 is 0 Å². The predicted octanol–water partition coefficient (Wildman–Crippen LogP) is 2.66. The van der Waals surface area contributed by atoms with Crippen LogP contribution in [0, 0.1) is 12.1 Å². The molecule has 0 aliphatic heterocycles. The minimum absolute atomic E-state index is 0. The molecule has 0 atom stereocenters. The van der Waals surface area contributed by atoms with Crippen LogP contribution in [0.4, 0.5) is 0 Å². The summed E-state index contributed by atoms with van der Waals surface area (Å²) in [5.74, 6) is 0. The third-order valence-corrected chi connectivity index (χ3v) is 3.34. The summed E-state index contributed by atoms with van der Waals surface area (Å²) in [6, 6.07) is 18.9. The Morgan fingerprint density at radius 3 is 1.76 bits per heavy atom. The molecule has 4 aromatic heterocycles. The van der Waals surface area contributed by atoms with Gasteiger partial charge in [0.1, 0.15) is 0 Å². The minimum atomic E-state index is 0. The molecule has 0 bridgehead atoms. The Morgan fingerprint density at radius 1 is 0.680 bits per heavy atom. The first-order chi connectivity index (χ1) is 11.9. The average Bonchev–Trinajstić information content (AvgIpc) is 2.69. The van der Waals surface area contributed by atoms with Crippen molar-refractivity contribution in [2.75, 3.05) is 0 Å². The summed E-state index contributed by atoms with van der Waals surface area (Å²) < 4.78 is 0. The van der Waals surface area contributed by atoms with Crippen LogP contribution in [0.2, 0.25) is 0 Å². The van der Waals surface area contributed by atoms with Crippen molar-refractivity contribution in [3.63, 3.8) is 0 Å². The third kappa shape index (κ3) is 3.42. The van der Waals surface area contributed by atoms with Gasteiger partial charge in [0.25, 0.3) is 0 Å². The van der Waals surface area contributed by atoms with E-state index >= 15 is 0 Å². The van der Waals surface area contributed by atoms with Crippen LogP contribution in [0.15, 0.2) is 61.1 Å². The van der Waals surface area contributed by atoms with Crippen LogP contribution in [0.1, 0.15) is 0 Å². The van der Waals surface area contributed by atoms with Gasteiger partial charge in [-0.05, 0) is 35.9 Å². The van der Waals surface area contributed by atoms with Gasteiger partial charge in [0.2, 0.25) is 0 Å². The molecule has 6 nitrogen and oxygen atoms in total. The molecule has 4 rings (SSSR count). The Bertz CT molecular complexity index is 891. The molecule has 0 amide bonds. The topological polar surface area (TPSA) is 77.3 Å². The van der Waals surface area contributed by atoms with Crippen LogP contribution in [0.5, 0.6) is 0 Å². The molecular weight excluding hydrogens is 356 g/mol. The van der Waals surface area contributed by atoms with Crippen molar-refractivity contribution in [1.29, 1.82) is 0 Å². The fourth-order valence-corrected chi connectivity index (χ4v) is 2.32. The minimum Gasteiger partial charge on any atom is -0.294 e. The molecule has 0 aromatic carbocycles. The molecular formula is C18H10FeN6. The fraction of sp³-hybridized carbons (Fsp3) is 0. The Balaban J connectivity index is 0.00000182. The molecule has 0 N–H and O–H groups in total. The van der Waals surface area contributed by atoms with Gasteiger partial charge >= 0.3 is 17.1 Å². The molecule has 0 aliphatic rings. The van der Waals surface area contributed by atoms with Crippen LogP contribution in [0.3, 0.4) is 0 Å². The van der Waals surface area contributed by atoms with E-state index in [0.29, 0.717) is 34.0 Å². The summed E-state index contributed by atoms with van der Waals surface area (Å²) in [6.45, 7) is 0. The Morgan fingerprint density at radius 2 is 1.28 bits per heavy atom. The number of nitrogens with zero attached hydrogens (tertiary/aromatic N) is 6. The van der Waals surface area contributed by atoms with Gasteiger partial charge in [0.15, 0.2) is 0 Å². The van der Waals surface area contributed by atoms with Crippen LogP contribution >= 0.6 is 0 Å². The van der Waals surface area contributed by atoms with Gasteiger partial charge in [-0.25, -0.2) is 0 Å². The summed E-state index contributed by atoms with van der Waals surface area (Å²) >= 11 is 0. The van der Waals surface area contributed by atoms with Crippen LogP contribution in [-0.4, -0.2) is 30.4 Å². The van der Waals surface area contributed by atoms with Crippen LogP contribution in [-0.2, 0) is 17.1 Å². The molecule has 4 heterocycles. The predicted molar refractivity (Wildman–Crippen MR) is 87.2 cm³/mol. The van der Waals surface area contributed by atoms with Crippen molar-refractivity contribution in [3.8, 4) is 34.0 Å². The van der Waals surface area contributed by atoms with Gasteiger partial charge in [-0.1, -0.05) is 16.8 Å². The zero-order valence-corrected chi connectivity index (χ0v) is 13.9. The van der Waals surface area contributed by atoms with E-state index in [0.717, 1.165) is 0 Å². The second-order valence-corrected chi connectivity index (χ2v) is 4.84. The second-order valence-electron chi connectivity index (χ2n) is 4.84. The zero-order valence-electron chi connectivity index (χ0n) is 12.8. The molecule has 0 unspecified atom stereocenters. The van der Waals surface area contributed by atoms with E-state index in [-0.39, 0.29) is 17.1 Å². The van der Waals surface area contributed by atoms with Gasteiger partial charge in [0, 0.05) is 17.6 Å². The normalized spacial score (nSPS) is 10.1. The quantitative estimate of drug-likeness (QED) is 0.410. The van der Waals surface area contributed by atoms with Gasteiger partial charge in [-0.3, -0.25) is 15.0 Å². The summed E-state index contributed by atoms with van der Waals surface area (Å²) in [6.07, 6.45) is 5.08. The van der Waals surface area contributed by atoms with Gasteiger partial charge in [-0.15, -0.1) is 12.1 Å². The molecule has 0 saturated heterocycles. The van der Waals surface area contributed by atoms with Crippen molar-refractivity contribution in [2.24, 2.45) is 0 Å². The number of aromatic nitrogens is 6. The van der Waals surface area contributed by atoms with Crippen molar-refractivity contribution in [2.45, 2.75) is 0 Å². The number of pyridine rings is 3. The van der Waals surface area contributed by atoms with Crippen LogP contribution < -0.4 is 0 Å². The second kappa shape index (κ2) is 7.70. The van der Waals surface area contributed by atoms with E-state index in [1.165, 1.54) is 0 Å². The number of rotatable bonds is 3. The van der Waals surface area contributed by atoms with E-state index in [2.05, 4.69) is 42.5 Å². The molecule has 0 spiro atoms. The summed E-state index contributed by atoms with van der Waals surface area (Å²) in [5, 5.41) is 12.2. The molecule has 0 fully saturated rings. The summed E-state index contributed by atoms with van der Waals surface area (Å²) in [7, 11) is 0. The first-order valence-electron chi connectivity index (χ1n) is 7.24. The number of hydrogen-bond donors (Lipinski definition) is 0. The molecule has 120 valence electrons. The smallest absolute Gasteiger partial charge is 0.294 e. The average molecular weight is 366 g/mol. The van der Waals surface area contributed by atoms with Gasteiger partial charge < -0.3 is 0 Å². The van der Waals surface area contributed by atoms with Gasteiger partial charge in [-0.2, -0.15) is 34.5 Å². The Hall–Kier alpha value is -3.02. The van der Waals surface area contributed by atoms with E-state index in [1.807, 2.05) is 18.2 Å². The zero-order chi connectivity index (χ0) is 16.2. The third-order valence-electron chi connectivity index (χ3n) is 3.34. The monoisotopic (exact) mass is 366 g/mol. The van der Waals surface area contributed by atoms with Crippen LogP contribution in [0.25, 0.3) is 34.0 Å². The van der Waals surface area contributed by atoms with Crippen molar-refractivity contribution in [3.05, 3.63) is 73.2 Å². The van der Waals surface area contributed by atoms with Gasteiger partial charge in [0.05, 0.1) is 5.69 Å². The maximum absolute atomic E-state index is 4.43. The Kier molecular flexibility index (Phi) is 5.18. The molecule has 4 aromatic rings. The summed E-state index contributed by atoms with van der Waals surface area (Å²) in [4.78, 5) is 13.1. The number of hydrogen-bond acceptors (Lipinski definition) is 6. The van der Waals surface area contributed by atoms with E-state index in [9.17, 15) is 0 Å². The summed E-state index contributed by atoms with van der Waals surface area (Å²) in [5.41, 5.74) is 3.67. The first kappa shape index (κ1) is 16.8. The van der Waals surface area contributed by atoms with Crippen molar-refractivity contribution < 1.29 is 17.1 Å². The molecule has 0 radical (unpaired) electrons. The maximum Gasteiger partial charge on any atom is 2.00 e. The van der Waals surface area contributed by atoms with E-state index in [4.69, 9.17) is 0 Å². The maximum atomic E-state index is 4.43. The van der Waals surface area contributed by atoms with E-state index in [1.54, 1.807) is 42.9 Å². The van der Waals surface area contributed by atoms with Crippen molar-refractivity contribution in [1.82, 2.24) is 30.4 Å². The molecule has 0 saturated carbocycles.